The van der Waals surface area contributed by atoms with Gasteiger partial charge in [0, 0.05) is 31.3 Å². The molecule has 0 aromatic carbocycles. The van der Waals surface area contributed by atoms with E-state index in [0.29, 0.717) is 12.6 Å². The molecule has 4 nitrogen and oxygen atoms in total. The molecule has 0 radical (unpaired) electrons. The molecule has 4 heteroatoms. The summed E-state index contributed by atoms with van der Waals surface area (Å²) >= 11 is 0. The Bertz CT molecular complexity index is 311. The highest BCUT2D eigenvalue weighted by atomic mass is 16.5. The van der Waals surface area contributed by atoms with Gasteiger partial charge in [-0.15, -0.1) is 0 Å². The predicted molar refractivity (Wildman–Crippen MR) is 70.0 cm³/mol. The molecule has 98 valence electrons. The zero-order valence-electron chi connectivity index (χ0n) is 11.2. The second-order valence-corrected chi connectivity index (χ2v) is 4.58. The fourth-order valence-electron chi connectivity index (χ4n) is 1.63. The first-order valence-electron chi connectivity index (χ1n) is 6.54. The first-order valence-corrected chi connectivity index (χ1v) is 6.54. The van der Waals surface area contributed by atoms with Gasteiger partial charge in [0.15, 0.2) is 0 Å². The highest BCUT2D eigenvalue weighted by Crippen LogP contribution is 2.10. The van der Waals surface area contributed by atoms with E-state index in [1.54, 1.807) is 0 Å². The largest absolute Gasteiger partial charge is 0.380 e. The van der Waals surface area contributed by atoms with E-state index in [-0.39, 0.29) is 6.04 Å². The van der Waals surface area contributed by atoms with Crippen LogP contribution in [0.3, 0.4) is 0 Å². The lowest BCUT2D eigenvalue weighted by atomic mass is 10.2. The molecule has 0 aliphatic heterocycles. The Labute approximate surface area is 104 Å². The molecule has 0 aliphatic carbocycles. The number of nitrogens with zero attached hydrogens (tertiary/aromatic N) is 2. The fraction of sp³-hybridized carbons (Fsp3) is 0.769. The Kier molecular flexibility index (Phi) is 6.22. The second kappa shape index (κ2) is 7.45. The Morgan fingerprint density at radius 2 is 2.24 bits per heavy atom. The van der Waals surface area contributed by atoms with Crippen molar-refractivity contribution in [1.29, 1.82) is 0 Å². The normalized spacial score (nSPS) is 14.8. The molecule has 1 aromatic rings. The fourth-order valence-corrected chi connectivity index (χ4v) is 1.63. The highest BCUT2D eigenvalue weighted by Gasteiger charge is 2.09. The van der Waals surface area contributed by atoms with Gasteiger partial charge >= 0.3 is 0 Å². The van der Waals surface area contributed by atoms with Crippen molar-refractivity contribution >= 4 is 0 Å². The van der Waals surface area contributed by atoms with Crippen LogP contribution in [0.4, 0.5) is 0 Å². The third-order valence-electron chi connectivity index (χ3n) is 2.86. The smallest absolute Gasteiger partial charge is 0.0641 e. The molecular weight excluding hydrogens is 214 g/mol. The number of hydrogen-bond acceptors (Lipinski definition) is 3. The first kappa shape index (κ1) is 14.2. The third-order valence-corrected chi connectivity index (χ3v) is 2.86. The molecule has 0 spiro atoms. The zero-order valence-corrected chi connectivity index (χ0v) is 11.2. The number of aromatic nitrogens is 2. The molecular formula is C13H25N3O. The topological polar surface area (TPSA) is 53.1 Å². The predicted octanol–water partition coefficient (Wildman–Crippen LogP) is 2.15. The van der Waals surface area contributed by atoms with Crippen LogP contribution in [0.25, 0.3) is 0 Å². The minimum atomic E-state index is 0.0434. The van der Waals surface area contributed by atoms with Gasteiger partial charge in [-0.05, 0) is 25.8 Å². The summed E-state index contributed by atoms with van der Waals surface area (Å²) in [7, 11) is 0. The van der Waals surface area contributed by atoms with Crippen molar-refractivity contribution in [3.8, 4) is 0 Å². The van der Waals surface area contributed by atoms with Gasteiger partial charge in [-0.2, -0.15) is 5.10 Å². The van der Waals surface area contributed by atoms with Crippen LogP contribution in [0, 0.1) is 0 Å². The van der Waals surface area contributed by atoms with Crippen LogP contribution < -0.4 is 5.73 Å². The molecule has 2 unspecified atom stereocenters. The molecule has 0 saturated carbocycles. The molecule has 2 N–H and O–H groups in total. The summed E-state index contributed by atoms with van der Waals surface area (Å²) in [6.07, 6.45) is 4.94. The summed E-state index contributed by atoms with van der Waals surface area (Å²) in [6.45, 7) is 7.83. The van der Waals surface area contributed by atoms with E-state index >= 15 is 0 Å². The van der Waals surface area contributed by atoms with Crippen LogP contribution in [0.1, 0.15) is 45.3 Å². The zero-order chi connectivity index (χ0) is 12.7. The van der Waals surface area contributed by atoms with Crippen LogP contribution in [-0.2, 0) is 11.2 Å². The lowest BCUT2D eigenvalue weighted by molar-refractivity contribution is 0.121. The maximum absolute atomic E-state index is 5.99. The van der Waals surface area contributed by atoms with Gasteiger partial charge in [0.1, 0.15) is 0 Å². The summed E-state index contributed by atoms with van der Waals surface area (Å²) < 4.78 is 7.44. The van der Waals surface area contributed by atoms with Crippen molar-refractivity contribution in [2.24, 2.45) is 5.73 Å². The van der Waals surface area contributed by atoms with Crippen molar-refractivity contribution in [2.75, 3.05) is 13.2 Å². The Balaban J connectivity index is 2.37. The lowest BCUT2D eigenvalue weighted by Crippen LogP contribution is -2.29. The van der Waals surface area contributed by atoms with Crippen molar-refractivity contribution < 1.29 is 4.74 Å². The van der Waals surface area contributed by atoms with E-state index in [9.17, 15) is 0 Å². The van der Waals surface area contributed by atoms with Gasteiger partial charge in [0.2, 0.25) is 0 Å². The van der Waals surface area contributed by atoms with Crippen molar-refractivity contribution in [3.63, 3.8) is 0 Å². The molecule has 2 atom stereocenters. The minimum absolute atomic E-state index is 0.0434. The monoisotopic (exact) mass is 239 g/mol. The van der Waals surface area contributed by atoms with Crippen LogP contribution in [0.5, 0.6) is 0 Å². The van der Waals surface area contributed by atoms with Crippen molar-refractivity contribution in [1.82, 2.24) is 9.78 Å². The molecule has 1 aromatic heterocycles. The van der Waals surface area contributed by atoms with Crippen LogP contribution in [-0.4, -0.2) is 29.0 Å². The first-order chi connectivity index (χ1) is 8.17. The van der Waals surface area contributed by atoms with Gasteiger partial charge in [0.05, 0.1) is 12.3 Å². The maximum Gasteiger partial charge on any atom is 0.0641 e. The van der Waals surface area contributed by atoms with Crippen LogP contribution in [0.15, 0.2) is 12.3 Å². The number of hydrogen-bond donors (Lipinski definition) is 1. The van der Waals surface area contributed by atoms with Gasteiger partial charge in [-0.1, -0.05) is 13.8 Å². The van der Waals surface area contributed by atoms with E-state index in [1.807, 2.05) is 16.9 Å². The van der Waals surface area contributed by atoms with Crippen molar-refractivity contribution in [3.05, 3.63) is 18.0 Å². The summed E-state index contributed by atoms with van der Waals surface area (Å²) in [5.41, 5.74) is 7.04. The average Bonchev–Trinajstić information content (AvgIpc) is 2.77. The number of nitrogens with two attached hydrogens (primary N) is 1. The Hall–Kier alpha value is -0.870. The number of rotatable bonds is 8. The third kappa shape index (κ3) is 4.88. The average molecular weight is 239 g/mol. The molecule has 0 fully saturated rings. The molecule has 0 bridgehead atoms. The minimum Gasteiger partial charge on any atom is -0.380 e. The summed E-state index contributed by atoms with van der Waals surface area (Å²) in [6, 6.07) is 2.55. The second-order valence-electron chi connectivity index (χ2n) is 4.58. The van der Waals surface area contributed by atoms with Crippen LogP contribution in [0.2, 0.25) is 0 Å². The lowest BCUT2D eigenvalue weighted by Gasteiger charge is -2.11. The van der Waals surface area contributed by atoms with Gasteiger partial charge in [-0.3, -0.25) is 4.68 Å². The molecule has 0 amide bonds. The van der Waals surface area contributed by atoms with E-state index in [4.69, 9.17) is 10.5 Å². The van der Waals surface area contributed by atoms with E-state index in [2.05, 4.69) is 25.9 Å². The molecule has 0 saturated heterocycles. The maximum atomic E-state index is 5.99. The molecule has 1 heterocycles. The van der Waals surface area contributed by atoms with E-state index < -0.39 is 0 Å². The molecule has 1 rings (SSSR count). The van der Waals surface area contributed by atoms with Gasteiger partial charge in [0.25, 0.3) is 0 Å². The standard InChI is InChI=1S/C13H25N3O/c1-4-8-17-10-12(14)9-13-6-7-16(15-13)11(3)5-2/h6-7,11-12H,4-5,8-10,14H2,1-3H3. The van der Waals surface area contributed by atoms with E-state index in [1.165, 1.54) is 0 Å². The van der Waals surface area contributed by atoms with Crippen molar-refractivity contribution in [2.45, 2.75) is 52.1 Å². The Morgan fingerprint density at radius 1 is 1.47 bits per heavy atom. The van der Waals surface area contributed by atoms with E-state index in [0.717, 1.165) is 31.6 Å². The Morgan fingerprint density at radius 3 is 2.88 bits per heavy atom. The summed E-state index contributed by atoms with van der Waals surface area (Å²) in [5, 5.41) is 4.53. The SMILES string of the molecule is CCCOCC(N)Cc1ccn(C(C)CC)n1. The molecule has 17 heavy (non-hydrogen) atoms. The quantitative estimate of drug-likeness (QED) is 0.707. The van der Waals surface area contributed by atoms with Gasteiger partial charge in [-0.25, -0.2) is 0 Å². The van der Waals surface area contributed by atoms with Crippen LogP contribution >= 0.6 is 0 Å². The van der Waals surface area contributed by atoms with Gasteiger partial charge < -0.3 is 10.5 Å². The summed E-state index contributed by atoms with van der Waals surface area (Å²) in [5.74, 6) is 0. The molecule has 0 aliphatic rings. The summed E-state index contributed by atoms with van der Waals surface area (Å²) in [4.78, 5) is 0. The highest BCUT2D eigenvalue weighted by molar-refractivity contribution is 5.01. The number of ether oxygens (including phenoxy) is 1.